The predicted octanol–water partition coefficient (Wildman–Crippen LogP) is 3.34. The van der Waals surface area contributed by atoms with Crippen LogP contribution in [0.2, 0.25) is 0 Å². The van der Waals surface area contributed by atoms with Crippen LogP contribution < -0.4 is 14.8 Å². The van der Waals surface area contributed by atoms with Crippen molar-refractivity contribution in [2.75, 3.05) is 14.2 Å². The average Bonchev–Trinajstić information content (AvgIpc) is 3.08. The lowest BCUT2D eigenvalue weighted by molar-refractivity contribution is 0.0945. The van der Waals surface area contributed by atoms with Gasteiger partial charge in [0.05, 0.1) is 19.9 Å². The van der Waals surface area contributed by atoms with Crippen LogP contribution in [0.5, 0.6) is 11.5 Å². The van der Waals surface area contributed by atoms with Crippen molar-refractivity contribution in [2.24, 2.45) is 7.05 Å². The fourth-order valence-electron chi connectivity index (χ4n) is 3.00. The van der Waals surface area contributed by atoms with Gasteiger partial charge in [-0.25, -0.2) is 0 Å². The number of hydrogen-bond donors (Lipinski definition) is 1. The van der Waals surface area contributed by atoms with Crippen molar-refractivity contribution in [1.82, 2.24) is 15.1 Å². The molecule has 1 aromatic heterocycles. The molecule has 3 rings (SSSR count). The maximum atomic E-state index is 12.5. The predicted molar refractivity (Wildman–Crippen MR) is 104 cm³/mol. The molecule has 0 aliphatic heterocycles. The van der Waals surface area contributed by atoms with Gasteiger partial charge in [-0.2, -0.15) is 5.10 Å². The van der Waals surface area contributed by atoms with Gasteiger partial charge in [-0.05, 0) is 42.8 Å². The smallest absolute Gasteiger partial charge is 0.272 e. The first-order valence-electron chi connectivity index (χ1n) is 8.62. The Morgan fingerprint density at radius 1 is 1.07 bits per heavy atom. The highest BCUT2D eigenvalue weighted by atomic mass is 16.5. The molecule has 6 heteroatoms. The van der Waals surface area contributed by atoms with Gasteiger partial charge in [0, 0.05) is 24.7 Å². The number of hydrogen-bond acceptors (Lipinski definition) is 4. The summed E-state index contributed by atoms with van der Waals surface area (Å²) in [7, 11) is 5.09. The fraction of sp³-hybridized carbons (Fsp3) is 0.238. The number of methoxy groups -OCH3 is 2. The first-order valence-corrected chi connectivity index (χ1v) is 8.62. The van der Waals surface area contributed by atoms with E-state index >= 15 is 0 Å². The number of aryl methyl sites for hydroxylation is 2. The molecule has 0 saturated carbocycles. The van der Waals surface area contributed by atoms with Gasteiger partial charge >= 0.3 is 0 Å². The zero-order valence-electron chi connectivity index (χ0n) is 15.9. The zero-order chi connectivity index (χ0) is 19.4. The molecule has 0 unspecified atom stereocenters. The van der Waals surface area contributed by atoms with E-state index in [1.807, 2.05) is 56.4 Å². The number of carbonyl (C=O) groups excluding carboxylic acids is 1. The summed E-state index contributed by atoms with van der Waals surface area (Å²) in [6.45, 7) is 2.36. The highest BCUT2D eigenvalue weighted by molar-refractivity contribution is 5.93. The molecule has 1 amide bonds. The number of nitrogens with zero attached hydrogens (tertiary/aromatic N) is 2. The SMILES string of the molecule is COc1ccc(-c2cc(C(=O)NCc3ccccc3OC)nn2C)cc1C. The maximum Gasteiger partial charge on any atom is 0.272 e. The topological polar surface area (TPSA) is 65.4 Å². The third-order valence-corrected chi connectivity index (χ3v) is 4.43. The minimum absolute atomic E-state index is 0.229. The normalized spacial score (nSPS) is 10.5. The van der Waals surface area contributed by atoms with E-state index in [0.29, 0.717) is 12.2 Å². The molecule has 140 valence electrons. The molecule has 6 nitrogen and oxygen atoms in total. The Hall–Kier alpha value is -3.28. The Bertz CT molecular complexity index is 963. The van der Waals surface area contributed by atoms with Crippen LogP contribution in [0.3, 0.4) is 0 Å². The zero-order valence-corrected chi connectivity index (χ0v) is 15.9. The molecule has 0 fully saturated rings. The van der Waals surface area contributed by atoms with Gasteiger partial charge in [0.2, 0.25) is 0 Å². The standard InChI is InChI=1S/C21H23N3O3/c1-14-11-15(9-10-19(14)26-3)18-12-17(23-24(18)2)21(25)22-13-16-7-5-6-8-20(16)27-4/h5-12H,13H2,1-4H3,(H,22,25). The highest BCUT2D eigenvalue weighted by Gasteiger charge is 2.15. The van der Waals surface area contributed by atoms with Gasteiger partial charge in [0.1, 0.15) is 11.5 Å². The lowest BCUT2D eigenvalue weighted by atomic mass is 10.1. The molecule has 1 N–H and O–H groups in total. The van der Waals surface area contributed by atoms with Crippen molar-refractivity contribution in [3.8, 4) is 22.8 Å². The van der Waals surface area contributed by atoms with Crippen molar-refractivity contribution in [3.63, 3.8) is 0 Å². The van der Waals surface area contributed by atoms with Crippen molar-refractivity contribution in [2.45, 2.75) is 13.5 Å². The van der Waals surface area contributed by atoms with Crippen molar-refractivity contribution >= 4 is 5.91 Å². The van der Waals surface area contributed by atoms with Crippen LogP contribution in [-0.4, -0.2) is 29.9 Å². The van der Waals surface area contributed by atoms with Crippen molar-refractivity contribution in [3.05, 3.63) is 65.4 Å². The molecule has 0 radical (unpaired) electrons. The number of carbonyl (C=O) groups is 1. The number of ether oxygens (including phenoxy) is 2. The molecule has 0 spiro atoms. The van der Waals surface area contributed by atoms with E-state index in [1.165, 1.54) is 0 Å². The highest BCUT2D eigenvalue weighted by Crippen LogP contribution is 2.26. The first kappa shape index (κ1) is 18.5. The Morgan fingerprint density at radius 2 is 1.81 bits per heavy atom. The Morgan fingerprint density at radius 3 is 2.52 bits per heavy atom. The van der Waals surface area contributed by atoms with Crippen LogP contribution in [0.4, 0.5) is 0 Å². The summed E-state index contributed by atoms with van der Waals surface area (Å²) >= 11 is 0. The summed E-state index contributed by atoms with van der Waals surface area (Å²) in [5.41, 5.74) is 4.15. The second kappa shape index (κ2) is 7.95. The first-order chi connectivity index (χ1) is 13.0. The fourth-order valence-corrected chi connectivity index (χ4v) is 3.00. The number of para-hydroxylation sites is 1. The number of rotatable bonds is 6. The number of benzene rings is 2. The van der Waals surface area contributed by atoms with E-state index in [-0.39, 0.29) is 5.91 Å². The maximum absolute atomic E-state index is 12.5. The lowest BCUT2D eigenvalue weighted by Gasteiger charge is -2.08. The van der Waals surface area contributed by atoms with E-state index in [2.05, 4.69) is 10.4 Å². The molecule has 1 heterocycles. The molecule has 0 aliphatic carbocycles. The number of aromatic nitrogens is 2. The molecular formula is C21H23N3O3. The van der Waals surface area contributed by atoms with Crippen LogP contribution in [0.25, 0.3) is 11.3 Å². The van der Waals surface area contributed by atoms with Gasteiger partial charge in [-0.3, -0.25) is 9.48 Å². The summed E-state index contributed by atoms with van der Waals surface area (Å²) in [6.07, 6.45) is 0. The number of nitrogens with one attached hydrogen (secondary N) is 1. The second-order valence-electron chi connectivity index (χ2n) is 6.22. The van der Waals surface area contributed by atoms with Gasteiger partial charge in [-0.15, -0.1) is 0 Å². The molecule has 0 saturated heterocycles. The van der Waals surface area contributed by atoms with Gasteiger partial charge in [-0.1, -0.05) is 18.2 Å². The minimum Gasteiger partial charge on any atom is -0.496 e. The summed E-state index contributed by atoms with van der Waals surface area (Å²) in [4.78, 5) is 12.5. The molecular weight excluding hydrogens is 342 g/mol. The van der Waals surface area contributed by atoms with Crippen LogP contribution >= 0.6 is 0 Å². The van der Waals surface area contributed by atoms with E-state index in [9.17, 15) is 4.79 Å². The molecule has 0 bridgehead atoms. The van der Waals surface area contributed by atoms with E-state index < -0.39 is 0 Å². The summed E-state index contributed by atoms with van der Waals surface area (Å²) in [6, 6.07) is 15.3. The van der Waals surface area contributed by atoms with E-state index in [4.69, 9.17) is 9.47 Å². The van der Waals surface area contributed by atoms with Crippen molar-refractivity contribution in [1.29, 1.82) is 0 Å². The quantitative estimate of drug-likeness (QED) is 0.728. The summed E-state index contributed by atoms with van der Waals surface area (Å²) < 4.78 is 12.3. The summed E-state index contributed by atoms with van der Waals surface area (Å²) in [5.74, 6) is 1.34. The second-order valence-corrected chi connectivity index (χ2v) is 6.22. The van der Waals surface area contributed by atoms with E-state index in [1.54, 1.807) is 25.0 Å². The lowest BCUT2D eigenvalue weighted by Crippen LogP contribution is -2.23. The Balaban J connectivity index is 1.77. The van der Waals surface area contributed by atoms with Gasteiger partial charge in [0.15, 0.2) is 5.69 Å². The van der Waals surface area contributed by atoms with Gasteiger partial charge < -0.3 is 14.8 Å². The third kappa shape index (κ3) is 3.95. The minimum atomic E-state index is -0.229. The molecule has 0 atom stereocenters. The van der Waals surface area contributed by atoms with Gasteiger partial charge in [0.25, 0.3) is 5.91 Å². The van der Waals surface area contributed by atoms with E-state index in [0.717, 1.165) is 33.9 Å². The monoisotopic (exact) mass is 365 g/mol. The molecule has 2 aromatic carbocycles. The summed E-state index contributed by atoms with van der Waals surface area (Å²) in [5, 5.41) is 7.25. The van der Waals surface area contributed by atoms with Crippen LogP contribution in [0, 0.1) is 6.92 Å². The number of amides is 1. The Kier molecular flexibility index (Phi) is 5.45. The molecule has 0 aliphatic rings. The van der Waals surface area contributed by atoms with Crippen LogP contribution in [0.1, 0.15) is 21.6 Å². The van der Waals surface area contributed by atoms with Crippen molar-refractivity contribution < 1.29 is 14.3 Å². The van der Waals surface area contributed by atoms with Crippen LogP contribution in [0.15, 0.2) is 48.5 Å². The average molecular weight is 365 g/mol. The molecule has 3 aromatic rings. The molecule has 27 heavy (non-hydrogen) atoms. The third-order valence-electron chi connectivity index (χ3n) is 4.43. The Labute approximate surface area is 158 Å². The van der Waals surface area contributed by atoms with Crippen LogP contribution in [-0.2, 0) is 13.6 Å². The largest absolute Gasteiger partial charge is 0.496 e.